The molecule has 4 bridgehead atoms. The average molecular weight is 345 g/mol. The number of hydrogen-bond acceptors (Lipinski definition) is 1. The standard InChI is InChI=1S/C18H21BrN2/c19-14-1-2-15-16(6-14)21-17(20-15)10-18-7-11-3-12(8-18)5-13(4-11)9-18/h1-2,6,11-13H,3-5,7-10H2,(H,20,21). The molecule has 0 aliphatic heterocycles. The number of fused-ring (bicyclic) bond motifs is 1. The Morgan fingerprint density at radius 2 is 1.76 bits per heavy atom. The van der Waals surface area contributed by atoms with Gasteiger partial charge in [0.15, 0.2) is 0 Å². The lowest BCUT2D eigenvalue weighted by atomic mass is 9.49. The second kappa shape index (κ2) is 4.34. The third kappa shape index (κ3) is 2.08. The molecule has 1 heterocycles. The molecule has 0 radical (unpaired) electrons. The van der Waals surface area contributed by atoms with Gasteiger partial charge >= 0.3 is 0 Å². The van der Waals surface area contributed by atoms with Crippen molar-refractivity contribution in [2.24, 2.45) is 23.2 Å². The molecule has 0 atom stereocenters. The lowest BCUT2D eigenvalue weighted by Gasteiger charge is -2.56. The maximum absolute atomic E-state index is 4.85. The third-order valence-corrected chi connectivity index (χ3v) is 6.69. The van der Waals surface area contributed by atoms with Gasteiger partial charge in [-0.15, -0.1) is 0 Å². The molecule has 0 saturated heterocycles. The summed E-state index contributed by atoms with van der Waals surface area (Å²) in [6.07, 6.45) is 10.1. The smallest absolute Gasteiger partial charge is 0.107 e. The Kier molecular flexibility index (Phi) is 2.62. The van der Waals surface area contributed by atoms with Crippen molar-refractivity contribution in [3.63, 3.8) is 0 Å². The van der Waals surface area contributed by atoms with Gasteiger partial charge in [-0.05, 0) is 79.9 Å². The molecule has 0 spiro atoms. The highest BCUT2D eigenvalue weighted by Crippen LogP contribution is 2.60. The van der Waals surface area contributed by atoms with Gasteiger partial charge in [0.25, 0.3) is 0 Å². The number of imidazole rings is 1. The van der Waals surface area contributed by atoms with Gasteiger partial charge in [-0.2, -0.15) is 0 Å². The Hall–Kier alpha value is -0.830. The molecule has 4 aliphatic rings. The SMILES string of the molecule is Brc1ccc2nc(CC34CC5CC(CC(C5)C3)C4)[nH]c2c1. The van der Waals surface area contributed by atoms with Crippen LogP contribution >= 0.6 is 15.9 Å². The van der Waals surface area contributed by atoms with E-state index in [1.165, 1.54) is 56.3 Å². The van der Waals surface area contributed by atoms with Crippen molar-refractivity contribution >= 4 is 27.0 Å². The van der Waals surface area contributed by atoms with Crippen LogP contribution in [0.15, 0.2) is 22.7 Å². The van der Waals surface area contributed by atoms with E-state index in [4.69, 9.17) is 4.98 Å². The molecule has 4 fully saturated rings. The number of aromatic nitrogens is 2. The van der Waals surface area contributed by atoms with Gasteiger partial charge in [-0.25, -0.2) is 4.98 Å². The largest absolute Gasteiger partial charge is 0.342 e. The van der Waals surface area contributed by atoms with Crippen molar-refractivity contribution in [1.82, 2.24) is 9.97 Å². The van der Waals surface area contributed by atoms with Gasteiger partial charge in [0.1, 0.15) is 5.82 Å². The average Bonchev–Trinajstić information content (AvgIpc) is 2.77. The van der Waals surface area contributed by atoms with Crippen molar-refractivity contribution in [3.05, 3.63) is 28.5 Å². The van der Waals surface area contributed by atoms with Crippen LogP contribution in [0, 0.1) is 23.2 Å². The number of nitrogens with one attached hydrogen (secondary N) is 1. The van der Waals surface area contributed by atoms with Crippen molar-refractivity contribution in [1.29, 1.82) is 0 Å². The summed E-state index contributed by atoms with van der Waals surface area (Å²) >= 11 is 3.55. The van der Waals surface area contributed by atoms with Crippen LogP contribution in [0.4, 0.5) is 0 Å². The van der Waals surface area contributed by atoms with Crippen LogP contribution in [-0.2, 0) is 6.42 Å². The molecule has 1 aromatic heterocycles. The molecule has 110 valence electrons. The first-order chi connectivity index (χ1) is 10.2. The Morgan fingerprint density at radius 3 is 2.43 bits per heavy atom. The highest BCUT2D eigenvalue weighted by atomic mass is 79.9. The minimum Gasteiger partial charge on any atom is -0.342 e. The number of rotatable bonds is 2. The van der Waals surface area contributed by atoms with Gasteiger partial charge in [-0.3, -0.25) is 0 Å². The second-order valence-electron chi connectivity index (χ2n) is 7.94. The molecule has 4 aliphatic carbocycles. The minimum atomic E-state index is 0.569. The number of hydrogen-bond donors (Lipinski definition) is 1. The maximum Gasteiger partial charge on any atom is 0.107 e. The number of halogens is 1. The predicted octanol–water partition coefficient (Wildman–Crippen LogP) is 5.08. The van der Waals surface area contributed by atoms with E-state index in [1.807, 2.05) is 0 Å². The molecular formula is C18H21BrN2. The maximum atomic E-state index is 4.85. The van der Waals surface area contributed by atoms with Crippen LogP contribution in [0.2, 0.25) is 0 Å². The Bertz CT molecular complexity index is 667. The zero-order chi connectivity index (χ0) is 14.0. The van der Waals surface area contributed by atoms with Gasteiger partial charge in [0.05, 0.1) is 11.0 Å². The molecule has 1 aromatic carbocycles. The first-order valence-electron chi connectivity index (χ1n) is 8.32. The van der Waals surface area contributed by atoms with Crippen LogP contribution in [0.25, 0.3) is 11.0 Å². The minimum absolute atomic E-state index is 0.569. The van der Waals surface area contributed by atoms with E-state index >= 15 is 0 Å². The van der Waals surface area contributed by atoms with Crippen molar-refractivity contribution < 1.29 is 0 Å². The molecule has 0 amide bonds. The molecule has 4 saturated carbocycles. The summed E-state index contributed by atoms with van der Waals surface area (Å²) in [5, 5.41) is 0. The quantitative estimate of drug-likeness (QED) is 0.807. The van der Waals surface area contributed by atoms with Crippen LogP contribution < -0.4 is 0 Å². The van der Waals surface area contributed by atoms with Crippen LogP contribution in [0.1, 0.15) is 44.3 Å². The van der Waals surface area contributed by atoms with Crippen LogP contribution in [0.5, 0.6) is 0 Å². The first-order valence-corrected chi connectivity index (χ1v) is 9.11. The summed E-state index contributed by atoms with van der Waals surface area (Å²) in [7, 11) is 0. The van der Waals surface area contributed by atoms with E-state index in [2.05, 4.69) is 39.1 Å². The van der Waals surface area contributed by atoms with E-state index in [-0.39, 0.29) is 0 Å². The molecule has 0 unspecified atom stereocenters. The van der Waals surface area contributed by atoms with E-state index in [0.29, 0.717) is 5.41 Å². The van der Waals surface area contributed by atoms with Gasteiger partial charge in [0.2, 0.25) is 0 Å². The molecule has 2 aromatic rings. The van der Waals surface area contributed by atoms with Gasteiger partial charge in [-0.1, -0.05) is 15.9 Å². The summed E-state index contributed by atoms with van der Waals surface area (Å²) in [5.41, 5.74) is 2.85. The van der Waals surface area contributed by atoms with E-state index < -0.39 is 0 Å². The van der Waals surface area contributed by atoms with E-state index in [0.717, 1.165) is 27.7 Å². The highest BCUT2D eigenvalue weighted by Gasteiger charge is 2.50. The lowest BCUT2D eigenvalue weighted by molar-refractivity contribution is -0.0530. The Balaban J connectivity index is 1.48. The summed E-state index contributed by atoms with van der Waals surface area (Å²) in [5.74, 6) is 4.28. The van der Waals surface area contributed by atoms with Crippen molar-refractivity contribution in [2.75, 3.05) is 0 Å². The number of H-pyrrole nitrogens is 1. The normalized spacial score (nSPS) is 37.5. The summed E-state index contributed by atoms with van der Waals surface area (Å²) < 4.78 is 1.13. The molecule has 3 heteroatoms. The van der Waals surface area contributed by atoms with Gasteiger partial charge < -0.3 is 4.98 Å². The van der Waals surface area contributed by atoms with Gasteiger partial charge in [0, 0.05) is 10.9 Å². The number of aromatic amines is 1. The number of benzene rings is 1. The predicted molar refractivity (Wildman–Crippen MR) is 88.1 cm³/mol. The lowest BCUT2D eigenvalue weighted by Crippen LogP contribution is -2.47. The molecule has 21 heavy (non-hydrogen) atoms. The molecule has 1 N–H and O–H groups in total. The fourth-order valence-electron chi connectivity index (χ4n) is 5.98. The van der Waals surface area contributed by atoms with E-state index in [1.54, 1.807) is 0 Å². The monoisotopic (exact) mass is 344 g/mol. The Labute approximate surface area is 133 Å². The van der Waals surface area contributed by atoms with Crippen molar-refractivity contribution in [2.45, 2.75) is 44.9 Å². The zero-order valence-electron chi connectivity index (χ0n) is 12.2. The fourth-order valence-corrected chi connectivity index (χ4v) is 6.34. The van der Waals surface area contributed by atoms with Crippen LogP contribution in [-0.4, -0.2) is 9.97 Å². The number of nitrogens with zero attached hydrogens (tertiary/aromatic N) is 1. The molecule has 6 rings (SSSR count). The summed E-state index contributed by atoms with van der Waals surface area (Å²) in [6.45, 7) is 0. The molecule has 2 nitrogen and oxygen atoms in total. The topological polar surface area (TPSA) is 28.7 Å². The third-order valence-electron chi connectivity index (χ3n) is 6.20. The highest BCUT2D eigenvalue weighted by molar-refractivity contribution is 9.10. The van der Waals surface area contributed by atoms with Crippen molar-refractivity contribution in [3.8, 4) is 0 Å². The van der Waals surface area contributed by atoms with E-state index in [9.17, 15) is 0 Å². The molecular weight excluding hydrogens is 324 g/mol. The fraction of sp³-hybridized carbons (Fsp3) is 0.611. The first kappa shape index (κ1) is 12.7. The zero-order valence-corrected chi connectivity index (χ0v) is 13.8. The summed E-state index contributed by atoms with van der Waals surface area (Å²) in [6, 6.07) is 6.34. The summed E-state index contributed by atoms with van der Waals surface area (Å²) in [4.78, 5) is 8.42. The second-order valence-corrected chi connectivity index (χ2v) is 8.85. The Morgan fingerprint density at radius 1 is 1.10 bits per heavy atom. The van der Waals surface area contributed by atoms with Crippen LogP contribution in [0.3, 0.4) is 0 Å².